The third-order valence-electron chi connectivity index (χ3n) is 4.35. The van der Waals surface area contributed by atoms with Gasteiger partial charge in [-0.2, -0.15) is 4.98 Å². The van der Waals surface area contributed by atoms with E-state index >= 15 is 0 Å². The van der Waals surface area contributed by atoms with Gasteiger partial charge in [0.2, 0.25) is 5.88 Å². The number of methoxy groups -OCH3 is 1. The van der Waals surface area contributed by atoms with Gasteiger partial charge in [-0.05, 0) is 40.0 Å². The molecule has 0 saturated heterocycles. The highest BCUT2D eigenvalue weighted by Crippen LogP contribution is 2.36. The zero-order valence-corrected chi connectivity index (χ0v) is 20.6. The monoisotopic (exact) mass is 494 g/mol. The summed E-state index contributed by atoms with van der Waals surface area (Å²) in [6.07, 6.45) is 2.70. The van der Waals surface area contributed by atoms with Crippen molar-refractivity contribution in [2.45, 2.75) is 44.5 Å². The van der Waals surface area contributed by atoms with E-state index in [1.165, 1.54) is 18.9 Å². The molecule has 3 aromatic heterocycles. The molecular formula is C21H24ClFN6O3S. The van der Waals surface area contributed by atoms with Crippen molar-refractivity contribution in [1.29, 1.82) is 0 Å². The number of carbonyl (C=O) groups excluding carboxylic acids is 1. The van der Waals surface area contributed by atoms with Crippen molar-refractivity contribution in [3.8, 4) is 5.88 Å². The van der Waals surface area contributed by atoms with Gasteiger partial charge in [0.1, 0.15) is 28.1 Å². The Bertz CT molecular complexity index is 1190. The molecule has 1 unspecified atom stereocenters. The predicted molar refractivity (Wildman–Crippen MR) is 127 cm³/mol. The summed E-state index contributed by atoms with van der Waals surface area (Å²) < 4.78 is 25.4. The molecule has 0 radical (unpaired) electrons. The lowest BCUT2D eigenvalue weighted by atomic mass is 10.1. The third-order valence-corrected chi connectivity index (χ3v) is 5.14. The highest BCUT2D eigenvalue weighted by atomic mass is 35.5. The zero-order valence-electron chi connectivity index (χ0n) is 19.0. The smallest absolute Gasteiger partial charge is 0.413 e. The largest absolute Gasteiger partial charge is 0.480 e. The molecule has 0 aliphatic carbocycles. The van der Waals surface area contributed by atoms with Crippen LogP contribution in [0.5, 0.6) is 5.88 Å². The number of fused-ring (bicyclic) bond motifs is 1. The molecule has 1 amide bonds. The second kappa shape index (κ2) is 9.92. The van der Waals surface area contributed by atoms with E-state index in [9.17, 15) is 9.18 Å². The summed E-state index contributed by atoms with van der Waals surface area (Å²) in [4.78, 5) is 29.2. The molecule has 12 heteroatoms. The van der Waals surface area contributed by atoms with E-state index in [1.807, 2.05) is 6.92 Å². The second-order valence-corrected chi connectivity index (χ2v) is 9.07. The quantitative estimate of drug-likeness (QED) is 0.262. The van der Waals surface area contributed by atoms with Gasteiger partial charge in [-0.3, -0.25) is 5.32 Å². The number of nitrogens with zero attached hydrogens (tertiary/aromatic N) is 4. The first-order valence-corrected chi connectivity index (χ1v) is 11.5. The molecule has 176 valence electrons. The second-order valence-electron chi connectivity index (χ2n) is 7.94. The average Bonchev–Trinajstić information content (AvgIpc) is 2.74. The van der Waals surface area contributed by atoms with Crippen LogP contribution in [-0.4, -0.2) is 45.0 Å². The minimum absolute atomic E-state index is 0.0146. The molecule has 9 nitrogen and oxygen atoms in total. The number of rotatable bonds is 6. The molecule has 0 spiro atoms. The molecular weight excluding hydrogens is 471 g/mol. The Labute approximate surface area is 199 Å². The molecule has 0 saturated carbocycles. The standard InChI is InChI=1S/C21H24ClFN6O3S/c1-10(11-8-7-9-24-16(11)29-20(30)32-21(2,3)4)25-17-12-14(26-19(28-17)33-6)13(23)15(22)27-18(12)31-5/h7-10H,1-6H3,(H,24,29,30)(H,25,26,28). The topological polar surface area (TPSA) is 111 Å². The molecule has 3 heterocycles. The van der Waals surface area contributed by atoms with E-state index < -0.39 is 23.6 Å². The Balaban J connectivity index is 2.02. The van der Waals surface area contributed by atoms with Crippen LogP contribution in [0.25, 0.3) is 10.9 Å². The van der Waals surface area contributed by atoms with Crippen molar-refractivity contribution in [2.75, 3.05) is 24.0 Å². The molecule has 2 N–H and O–H groups in total. The number of nitrogens with one attached hydrogen (secondary N) is 2. The molecule has 1 atom stereocenters. The van der Waals surface area contributed by atoms with Crippen molar-refractivity contribution >= 4 is 52.0 Å². The lowest BCUT2D eigenvalue weighted by Crippen LogP contribution is -2.28. The maximum atomic E-state index is 14.8. The van der Waals surface area contributed by atoms with Gasteiger partial charge >= 0.3 is 6.09 Å². The number of carbonyl (C=O) groups is 1. The van der Waals surface area contributed by atoms with Crippen molar-refractivity contribution in [3.05, 3.63) is 34.9 Å². The number of pyridine rings is 2. The number of hydrogen-bond donors (Lipinski definition) is 2. The summed E-state index contributed by atoms with van der Waals surface area (Å²) in [5.74, 6) is -0.0788. The zero-order chi connectivity index (χ0) is 24.3. The number of anilines is 2. The molecule has 3 aromatic rings. The van der Waals surface area contributed by atoms with Crippen LogP contribution in [0.15, 0.2) is 23.5 Å². The van der Waals surface area contributed by atoms with Crippen LogP contribution in [0.4, 0.5) is 20.8 Å². The first-order chi connectivity index (χ1) is 15.5. The van der Waals surface area contributed by atoms with Crippen LogP contribution in [0.3, 0.4) is 0 Å². The average molecular weight is 495 g/mol. The molecule has 0 bridgehead atoms. The Morgan fingerprint density at radius 3 is 2.61 bits per heavy atom. The van der Waals surface area contributed by atoms with Crippen LogP contribution in [0.1, 0.15) is 39.3 Å². The van der Waals surface area contributed by atoms with Gasteiger partial charge in [-0.1, -0.05) is 29.4 Å². The predicted octanol–water partition coefficient (Wildman–Crippen LogP) is 5.46. The number of ether oxygens (including phenoxy) is 2. The fourth-order valence-corrected chi connectivity index (χ4v) is 3.52. The van der Waals surface area contributed by atoms with E-state index in [-0.39, 0.29) is 21.9 Å². The van der Waals surface area contributed by atoms with Crippen LogP contribution in [-0.2, 0) is 4.74 Å². The van der Waals surface area contributed by atoms with Gasteiger partial charge in [-0.25, -0.2) is 24.1 Å². The molecule has 0 fully saturated rings. The summed E-state index contributed by atoms with van der Waals surface area (Å²) in [5.41, 5.74) is -0.0207. The lowest BCUT2D eigenvalue weighted by molar-refractivity contribution is 0.0635. The van der Waals surface area contributed by atoms with Crippen molar-refractivity contribution in [2.24, 2.45) is 0 Å². The molecule has 33 heavy (non-hydrogen) atoms. The van der Waals surface area contributed by atoms with E-state index in [0.717, 1.165) is 0 Å². The van der Waals surface area contributed by atoms with Crippen molar-refractivity contribution < 1.29 is 18.7 Å². The highest BCUT2D eigenvalue weighted by Gasteiger charge is 2.23. The molecule has 0 aliphatic rings. The maximum Gasteiger partial charge on any atom is 0.413 e. The van der Waals surface area contributed by atoms with Gasteiger partial charge < -0.3 is 14.8 Å². The minimum atomic E-state index is -0.769. The molecule has 0 aromatic carbocycles. The van der Waals surface area contributed by atoms with Crippen LogP contribution in [0, 0.1) is 5.82 Å². The van der Waals surface area contributed by atoms with Crippen molar-refractivity contribution in [3.63, 3.8) is 0 Å². The maximum absolute atomic E-state index is 14.8. The number of thioether (sulfide) groups is 1. The van der Waals surface area contributed by atoms with Gasteiger partial charge in [-0.15, -0.1) is 0 Å². The fraction of sp³-hybridized carbons (Fsp3) is 0.381. The Morgan fingerprint density at radius 1 is 1.24 bits per heavy atom. The van der Waals surface area contributed by atoms with Gasteiger partial charge in [0.15, 0.2) is 16.1 Å². The van der Waals surface area contributed by atoms with Crippen LogP contribution >= 0.6 is 23.4 Å². The first-order valence-electron chi connectivity index (χ1n) is 9.90. The number of halogens is 2. The molecule has 3 rings (SSSR count). The Hall–Kier alpha value is -2.92. The summed E-state index contributed by atoms with van der Waals surface area (Å²) in [7, 11) is 1.40. The summed E-state index contributed by atoms with van der Waals surface area (Å²) >= 11 is 7.17. The first kappa shape index (κ1) is 24.7. The van der Waals surface area contributed by atoms with E-state index in [4.69, 9.17) is 21.1 Å². The van der Waals surface area contributed by atoms with E-state index in [1.54, 1.807) is 45.4 Å². The van der Waals surface area contributed by atoms with Gasteiger partial charge in [0, 0.05) is 11.8 Å². The van der Waals surface area contributed by atoms with Gasteiger partial charge in [0.25, 0.3) is 0 Å². The number of hydrogen-bond acceptors (Lipinski definition) is 9. The minimum Gasteiger partial charge on any atom is -0.480 e. The van der Waals surface area contributed by atoms with E-state index in [2.05, 4.69) is 30.6 Å². The van der Waals surface area contributed by atoms with Crippen LogP contribution < -0.4 is 15.4 Å². The lowest BCUT2D eigenvalue weighted by Gasteiger charge is -2.22. The third kappa shape index (κ3) is 5.72. The van der Waals surface area contributed by atoms with E-state index in [0.29, 0.717) is 22.4 Å². The Morgan fingerprint density at radius 2 is 1.97 bits per heavy atom. The number of amides is 1. The summed E-state index contributed by atoms with van der Waals surface area (Å²) in [6, 6.07) is 3.11. The highest BCUT2D eigenvalue weighted by molar-refractivity contribution is 7.98. The summed E-state index contributed by atoms with van der Waals surface area (Å²) in [5, 5.41) is 6.13. The normalized spacial score (nSPS) is 12.4. The Kier molecular flexibility index (Phi) is 7.43. The van der Waals surface area contributed by atoms with Gasteiger partial charge in [0.05, 0.1) is 13.2 Å². The van der Waals surface area contributed by atoms with Crippen LogP contribution in [0.2, 0.25) is 5.15 Å². The summed E-state index contributed by atoms with van der Waals surface area (Å²) in [6.45, 7) is 7.15. The fourth-order valence-electron chi connectivity index (χ4n) is 2.99. The number of aromatic nitrogens is 4. The molecule has 0 aliphatic heterocycles. The SMILES string of the molecule is COc1nc(Cl)c(F)c2nc(SC)nc(NC(C)c3cccnc3NC(=O)OC(C)(C)C)c12. The van der Waals surface area contributed by atoms with Crippen molar-refractivity contribution in [1.82, 2.24) is 19.9 Å².